The van der Waals surface area contributed by atoms with E-state index in [9.17, 15) is 4.79 Å². The molecule has 0 saturated heterocycles. The number of hydrogen-bond acceptors (Lipinski definition) is 3. The third-order valence-electron chi connectivity index (χ3n) is 3.39. The molecular weight excluding hydrogens is 294 g/mol. The number of nitrogens with one attached hydrogen (secondary N) is 2. The van der Waals surface area contributed by atoms with Gasteiger partial charge in [-0.15, -0.1) is 11.3 Å². The molecule has 0 spiro atoms. The molecular formula is C17H15N3OS. The molecule has 0 aliphatic rings. The average molecular weight is 309 g/mol. The maximum absolute atomic E-state index is 12.3. The third-order valence-corrected chi connectivity index (χ3v) is 4.52. The lowest BCUT2D eigenvalue weighted by molar-refractivity contribution is 0.102. The number of benzene rings is 2. The fourth-order valence-electron chi connectivity index (χ4n) is 2.20. The second kappa shape index (κ2) is 5.61. The van der Waals surface area contributed by atoms with E-state index in [1.165, 1.54) is 11.3 Å². The molecule has 3 aromatic rings. The normalized spacial score (nSPS) is 10.6. The van der Waals surface area contributed by atoms with Crippen LogP contribution >= 0.6 is 11.3 Å². The van der Waals surface area contributed by atoms with Crippen LogP contribution in [0, 0.1) is 12.3 Å². The lowest BCUT2D eigenvalue weighted by Crippen LogP contribution is -2.12. The Morgan fingerprint density at radius 2 is 1.91 bits per heavy atom. The molecule has 110 valence electrons. The summed E-state index contributed by atoms with van der Waals surface area (Å²) >= 11 is 1.44. The molecule has 4 N–H and O–H groups in total. The Labute approximate surface area is 132 Å². The molecule has 0 aliphatic heterocycles. The van der Waals surface area contributed by atoms with Crippen molar-refractivity contribution < 1.29 is 4.79 Å². The smallest absolute Gasteiger partial charge is 0.255 e. The molecule has 0 unspecified atom stereocenters. The van der Waals surface area contributed by atoms with Gasteiger partial charge in [-0.25, -0.2) is 0 Å². The minimum Gasteiger partial charge on any atom is -0.383 e. The topological polar surface area (TPSA) is 79.0 Å². The molecule has 4 nitrogen and oxygen atoms in total. The lowest BCUT2D eigenvalue weighted by Gasteiger charge is -2.07. The van der Waals surface area contributed by atoms with Gasteiger partial charge in [-0.3, -0.25) is 10.2 Å². The van der Waals surface area contributed by atoms with Crippen LogP contribution < -0.4 is 11.1 Å². The van der Waals surface area contributed by atoms with Crippen molar-refractivity contribution in [3.05, 3.63) is 64.5 Å². The van der Waals surface area contributed by atoms with E-state index in [0.29, 0.717) is 10.4 Å². The van der Waals surface area contributed by atoms with Crippen LogP contribution in [0.4, 0.5) is 5.69 Å². The van der Waals surface area contributed by atoms with Gasteiger partial charge in [-0.05, 0) is 37.3 Å². The van der Waals surface area contributed by atoms with E-state index in [0.717, 1.165) is 21.3 Å². The summed E-state index contributed by atoms with van der Waals surface area (Å²) in [5.74, 6) is -0.111. The number of fused-ring (bicyclic) bond motifs is 1. The van der Waals surface area contributed by atoms with Gasteiger partial charge in [0.15, 0.2) is 0 Å². The van der Waals surface area contributed by atoms with Crippen LogP contribution in [0.1, 0.15) is 20.8 Å². The van der Waals surface area contributed by atoms with Crippen LogP contribution in [-0.2, 0) is 0 Å². The maximum Gasteiger partial charge on any atom is 0.255 e. The molecule has 0 fully saturated rings. The first kappa shape index (κ1) is 14.3. The number of thiophene rings is 1. The van der Waals surface area contributed by atoms with Crippen LogP contribution in [0.3, 0.4) is 0 Å². The number of rotatable bonds is 3. The van der Waals surface area contributed by atoms with E-state index in [2.05, 4.69) is 5.32 Å². The van der Waals surface area contributed by atoms with Crippen molar-refractivity contribution in [2.24, 2.45) is 5.73 Å². The van der Waals surface area contributed by atoms with Gasteiger partial charge in [0.05, 0.1) is 4.88 Å². The summed E-state index contributed by atoms with van der Waals surface area (Å²) in [5.41, 5.74) is 8.00. The number of anilines is 1. The first-order valence-electron chi connectivity index (χ1n) is 6.79. The van der Waals surface area contributed by atoms with Gasteiger partial charge < -0.3 is 11.1 Å². The minimum absolute atomic E-state index is 0.0389. The second-order valence-electron chi connectivity index (χ2n) is 5.06. The molecule has 0 radical (unpaired) electrons. The number of carbonyl (C=O) groups excluding carboxylic acids is 1. The third kappa shape index (κ3) is 2.71. The lowest BCUT2D eigenvalue weighted by atomic mass is 10.1. The van der Waals surface area contributed by atoms with E-state index < -0.39 is 0 Å². The van der Waals surface area contributed by atoms with Crippen LogP contribution in [0.15, 0.2) is 48.5 Å². The van der Waals surface area contributed by atoms with Crippen LogP contribution in [0.5, 0.6) is 0 Å². The van der Waals surface area contributed by atoms with Crippen molar-refractivity contribution in [3.8, 4) is 0 Å². The zero-order valence-corrected chi connectivity index (χ0v) is 12.8. The van der Waals surface area contributed by atoms with Gasteiger partial charge in [-0.2, -0.15) is 0 Å². The van der Waals surface area contributed by atoms with E-state index in [1.54, 1.807) is 12.1 Å². The van der Waals surface area contributed by atoms with Gasteiger partial charge in [0, 0.05) is 21.3 Å². The fraction of sp³-hybridized carbons (Fsp3) is 0.0588. The van der Waals surface area contributed by atoms with Crippen LogP contribution in [-0.4, -0.2) is 11.7 Å². The highest BCUT2D eigenvalue weighted by Gasteiger charge is 2.11. The number of nitrogens with two attached hydrogens (primary N) is 1. The minimum atomic E-state index is -0.150. The van der Waals surface area contributed by atoms with E-state index >= 15 is 0 Å². The first-order valence-corrected chi connectivity index (χ1v) is 7.61. The molecule has 1 heterocycles. The van der Waals surface area contributed by atoms with Gasteiger partial charge in [-0.1, -0.05) is 23.8 Å². The molecule has 3 rings (SSSR count). The van der Waals surface area contributed by atoms with Crippen molar-refractivity contribution >= 4 is 38.9 Å². The molecule has 22 heavy (non-hydrogen) atoms. The summed E-state index contributed by atoms with van der Waals surface area (Å²) in [7, 11) is 0. The van der Waals surface area contributed by atoms with E-state index in [-0.39, 0.29) is 11.7 Å². The molecule has 0 saturated carbocycles. The molecule has 5 heteroatoms. The Morgan fingerprint density at radius 1 is 1.18 bits per heavy atom. The molecule has 0 aliphatic carbocycles. The van der Waals surface area contributed by atoms with Crippen molar-refractivity contribution in [2.75, 3.05) is 5.32 Å². The quantitative estimate of drug-likeness (QED) is 0.509. The van der Waals surface area contributed by atoms with E-state index in [1.807, 2.05) is 43.3 Å². The molecule has 0 atom stereocenters. The highest BCUT2D eigenvalue weighted by atomic mass is 32.1. The molecule has 2 aromatic carbocycles. The monoisotopic (exact) mass is 309 g/mol. The number of amides is 1. The predicted molar refractivity (Wildman–Crippen MR) is 92.0 cm³/mol. The van der Waals surface area contributed by atoms with Crippen LogP contribution in [0.2, 0.25) is 0 Å². The Balaban J connectivity index is 1.94. The summed E-state index contributed by atoms with van der Waals surface area (Å²) < 4.78 is 0.993. The SMILES string of the molecule is Cc1ccc(C(=O)Nc2cccc3sc(C(=N)N)cc23)cc1. The number of amidine groups is 1. The Hall–Kier alpha value is -2.66. The average Bonchev–Trinajstić information content (AvgIpc) is 2.93. The highest BCUT2D eigenvalue weighted by molar-refractivity contribution is 7.20. The van der Waals surface area contributed by atoms with Crippen molar-refractivity contribution in [2.45, 2.75) is 6.92 Å². The van der Waals surface area contributed by atoms with E-state index in [4.69, 9.17) is 11.1 Å². The second-order valence-corrected chi connectivity index (χ2v) is 6.15. The van der Waals surface area contributed by atoms with Gasteiger partial charge >= 0.3 is 0 Å². The van der Waals surface area contributed by atoms with Crippen molar-refractivity contribution in [1.82, 2.24) is 0 Å². The van der Waals surface area contributed by atoms with Gasteiger partial charge in [0.1, 0.15) is 5.84 Å². The number of carbonyl (C=O) groups is 1. The van der Waals surface area contributed by atoms with Crippen molar-refractivity contribution in [1.29, 1.82) is 5.41 Å². The number of aryl methyl sites for hydroxylation is 1. The van der Waals surface area contributed by atoms with Gasteiger partial charge in [0.25, 0.3) is 5.91 Å². The Bertz CT molecular complexity index is 865. The van der Waals surface area contributed by atoms with Crippen molar-refractivity contribution in [3.63, 3.8) is 0 Å². The molecule has 1 aromatic heterocycles. The summed E-state index contributed by atoms with van der Waals surface area (Å²) in [6.07, 6.45) is 0. The number of nitrogen functional groups attached to an aromatic ring is 1. The largest absolute Gasteiger partial charge is 0.383 e. The van der Waals surface area contributed by atoms with Gasteiger partial charge in [0.2, 0.25) is 0 Å². The molecule has 0 bridgehead atoms. The molecule has 1 amide bonds. The standard InChI is InChI=1S/C17H15N3OS/c1-10-5-7-11(8-6-10)17(21)20-13-3-2-4-14-12(13)9-15(22-14)16(18)19/h2-9H,1H3,(H3,18,19)(H,20,21). The zero-order chi connectivity index (χ0) is 15.7. The summed E-state index contributed by atoms with van der Waals surface area (Å²) in [4.78, 5) is 13.0. The summed E-state index contributed by atoms with van der Waals surface area (Å²) in [5, 5.41) is 11.4. The summed E-state index contributed by atoms with van der Waals surface area (Å²) in [6, 6.07) is 15.0. The van der Waals surface area contributed by atoms with Crippen LogP contribution in [0.25, 0.3) is 10.1 Å². The highest BCUT2D eigenvalue weighted by Crippen LogP contribution is 2.31. The predicted octanol–water partition coefficient (Wildman–Crippen LogP) is 3.75. The summed E-state index contributed by atoms with van der Waals surface area (Å²) in [6.45, 7) is 1.98. The fourth-order valence-corrected chi connectivity index (χ4v) is 3.15. The Morgan fingerprint density at radius 3 is 2.59 bits per heavy atom. The first-order chi connectivity index (χ1) is 10.5. The Kier molecular flexibility index (Phi) is 3.65. The zero-order valence-electron chi connectivity index (χ0n) is 12.0. The number of hydrogen-bond donors (Lipinski definition) is 3. The maximum atomic E-state index is 12.3.